The van der Waals surface area contributed by atoms with Gasteiger partial charge in [0.2, 0.25) is 17.8 Å². The van der Waals surface area contributed by atoms with Crippen molar-refractivity contribution in [3.8, 4) is 0 Å². The van der Waals surface area contributed by atoms with E-state index in [-0.39, 0.29) is 24.0 Å². The zero-order chi connectivity index (χ0) is 9.14. The Bertz CT molecular complexity index is 250. The van der Waals surface area contributed by atoms with Crippen LogP contribution in [0.25, 0.3) is 0 Å². The van der Waals surface area contributed by atoms with Crippen LogP contribution in [0.1, 0.15) is 6.92 Å². The zero-order valence-corrected chi connectivity index (χ0v) is 6.65. The van der Waals surface area contributed by atoms with Gasteiger partial charge in [-0.05, 0) is 6.92 Å². The number of hydrogen-bond acceptors (Lipinski definition) is 7. The largest absolute Gasteiger partial charge is 0.368 e. The van der Waals surface area contributed by atoms with Gasteiger partial charge >= 0.3 is 0 Å². The molecular formula is C5H11N7. The molecule has 1 rings (SSSR count). The fraction of sp³-hybridized carbons (Fsp3) is 0.400. The average molecular weight is 169 g/mol. The minimum atomic E-state index is -0.258. The van der Waals surface area contributed by atoms with Crippen molar-refractivity contribution in [2.45, 2.75) is 13.1 Å². The molecule has 1 aromatic heterocycles. The lowest BCUT2D eigenvalue weighted by molar-refractivity contribution is 0.830. The number of rotatable bonds is 2. The second-order valence-electron chi connectivity index (χ2n) is 2.31. The number of nitrogen functional groups attached to an aromatic ring is 2. The van der Waals surface area contributed by atoms with Crippen LogP contribution < -0.4 is 22.5 Å². The average Bonchev–Trinajstić information content (AvgIpc) is 1.81. The molecule has 0 aliphatic rings. The van der Waals surface area contributed by atoms with Gasteiger partial charge in [-0.3, -0.25) is 0 Å². The van der Waals surface area contributed by atoms with E-state index < -0.39 is 0 Å². The van der Waals surface area contributed by atoms with Crippen LogP contribution in [-0.4, -0.2) is 21.1 Å². The monoisotopic (exact) mass is 169 g/mol. The van der Waals surface area contributed by atoms with Gasteiger partial charge < -0.3 is 22.5 Å². The van der Waals surface area contributed by atoms with Crippen LogP contribution >= 0.6 is 0 Å². The van der Waals surface area contributed by atoms with Crippen molar-refractivity contribution in [2.75, 3.05) is 16.8 Å². The molecule has 0 amide bonds. The van der Waals surface area contributed by atoms with E-state index in [1.807, 2.05) is 0 Å². The SMILES string of the molecule is CC(N)Nc1nc(N)nc(N)n1. The first-order chi connectivity index (χ1) is 5.58. The number of hydrogen-bond donors (Lipinski definition) is 4. The van der Waals surface area contributed by atoms with E-state index in [0.29, 0.717) is 0 Å². The number of anilines is 3. The maximum absolute atomic E-state index is 5.43. The Kier molecular flexibility index (Phi) is 2.24. The van der Waals surface area contributed by atoms with Crippen LogP contribution in [0.4, 0.5) is 17.8 Å². The molecule has 0 spiro atoms. The maximum atomic E-state index is 5.43. The molecule has 0 aliphatic heterocycles. The zero-order valence-electron chi connectivity index (χ0n) is 6.65. The van der Waals surface area contributed by atoms with Crippen LogP contribution in [0.3, 0.4) is 0 Å². The third-order valence-electron chi connectivity index (χ3n) is 1.03. The standard InChI is InChI=1S/C5H11N7/c1-2(6)9-5-11-3(7)10-4(8)12-5/h2H,6H2,1H3,(H5,7,8,9,10,11,12). The normalized spacial score (nSPS) is 12.5. The van der Waals surface area contributed by atoms with Gasteiger partial charge in [-0.2, -0.15) is 15.0 Å². The molecule has 1 atom stereocenters. The summed E-state index contributed by atoms with van der Waals surface area (Å²) in [6, 6.07) is 0. The Balaban J connectivity index is 2.85. The predicted molar refractivity (Wildman–Crippen MR) is 45.9 cm³/mol. The van der Waals surface area contributed by atoms with Gasteiger partial charge in [-0.1, -0.05) is 0 Å². The highest BCUT2D eigenvalue weighted by atomic mass is 15.2. The Morgan fingerprint density at radius 2 is 1.67 bits per heavy atom. The molecule has 7 N–H and O–H groups in total. The van der Waals surface area contributed by atoms with Crippen molar-refractivity contribution in [2.24, 2.45) is 5.73 Å². The lowest BCUT2D eigenvalue weighted by Crippen LogP contribution is -2.26. The Morgan fingerprint density at radius 1 is 1.17 bits per heavy atom. The summed E-state index contributed by atoms with van der Waals surface area (Å²) in [7, 11) is 0. The minimum Gasteiger partial charge on any atom is -0.368 e. The van der Waals surface area contributed by atoms with E-state index in [0.717, 1.165) is 0 Å². The summed E-state index contributed by atoms with van der Waals surface area (Å²) in [4.78, 5) is 11.1. The van der Waals surface area contributed by atoms with Crippen LogP contribution in [0.2, 0.25) is 0 Å². The van der Waals surface area contributed by atoms with Crippen molar-refractivity contribution in [3.63, 3.8) is 0 Å². The number of aromatic nitrogens is 3. The van der Waals surface area contributed by atoms with Crippen LogP contribution in [0, 0.1) is 0 Å². The maximum Gasteiger partial charge on any atom is 0.230 e. The van der Waals surface area contributed by atoms with Gasteiger partial charge in [0.15, 0.2) is 0 Å². The molecule has 0 radical (unpaired) electrons. The molecule has 0 saturated carbocycles. The van der Waals surface area contributed by atoms with E-state index in [1.54, 1.807) is 6.92 Å². The van der Waals surface area contributed by atoms with Crippen LogP contribution in [-0.2, 0) is 0 Å². The summed E-state index contributed by atoms with van der Waals surface area (Å²) in [6.07, 6.45) is -0.258. The van der Waals surface area contributed by atoms with E-state index in [9.17, 15) is 0 Å². The molecule has 12 heavy (non-hydrogen) atoms. The topological polar surface area (TPSA) is 129 Å². The second kappa shape index (κ2) is 3.18. The van der Waals surface area contributed by atoms with Gasteiger partial charge in [-0.15, -0.1) is 0 Å². The molecule has 0 fully saturated rings. The third kappa shape index (κ3) is 2.20. The first kappa shape index (κ1) is 8.47. The lowest BCUT2D eigenvalue weighted by Gasteiger charge is -2.07. The molecule has 7 heteroatoms. The molecule has 1 aromatic rings. The molecule has 0 bridgehead atoms. The summed E-state index contributed by atoms with van der Waals surface area (Å²) < 4.78 is 0. The quantitative estimate of drug-likeness (QED) is 0.407. The summed E-state index contributed by atoms with van der Waals surface area (Å²) in [6.45, 7) is 1.75. The summed E-state index contributed by atoms with van der Waals surface area (Å²) >= 11 is 0. The number of nitrogens with one attached hydrogen (secondary N) is 1. The summed E-state index contributed by atoms with van der Waals surface area (Å²) in [5.74, 6) is 0.436. The van der Waals surface area contributed by atoms with Crippen molar-refractivity contribution >= 4 is 17.8 Å². The third-order valence-corrected chi connectivity index (χ3v) is 1.03. The van der Waals surface area contributed by atoms with Crippen molar-refractivity contribution in [1.82, 2.24) is 15.0 Å². The highest BCUT2D eigenvalue weighted by Gasteiger charge is 2.01. The van der Waals surface area contributed by atoms with Crippen molar-refractivity contribution in [1.29, 1.82) is 0 Å². The molecule has 0 saturated heterocycles. The first-order valence-electron chi connectivity index (χ1n) is 3.37. The van der Waals surface area contributed by atoms with Gasteiger partial charge in [-0.25, -0.2) is 0 Å². The van der Waals surface area contributed by atoms with Gasteiger partial charge in [0.1, 0.15) is 0 Å². The summed E-state index contributed by atoms with van der Waals surface area (Å²) in [5.41, 5.74) is 16.1. The van der Waals surface area contributed by atoms with Crippen LogP contribution in [0.15, 0.2) is 0 Å². The highest BCUT2D eigenvalue weighted by Crippen LogP contribution is 2.02. The molecule has 7 nitrogen and oxygen atoms in total. The number of nitrogens with two attached hydrogens (primary N) is 3. The van der Waals surface area contributed by atoms with E-state index in [2.05, 4.69) is 20.3 Å². The van der Waals surface area contributed by atoms with Crippen molar-refractivity contribution in [3.05, 3.63) is 0 Å². The molecular weight excluding hydrogens is 158 g/mol. The molecule has 1 heterocycles. The van der Waals surface area contributed by atoms with E-state index in [1.165, 1.54) is 0 Å². The number of nitrogens with zero attached hydrogens (tertiary/aromatic N) is 3. The van der Waals surface area contributed by atoms with Gasteiger partial charge in [0.05, 0.1) is 6.17 Å². The van der Waals surface area contributed by atoms with Gasteiger partial charge in [0.25, 0.3) is 0 Å². The van der Waals surface area contributed by atoms with Gasteiger partial charge in [0, 0.05) is 0 Å². The Labute approximate surface area is 69.4 Å². The molecule has 1 unspecified atom stereocenters. The summed E-state index contributed by atoms with van der Waals surface area (Å²) in [5, 5.41) is 2.74. The Morgan fingerprint density at radius 3 is 2.08 bits per heavy atom. The molecule has 0 aromatic carbocycles. The fourth-order valence-electron chi connectivity index (χ4n) is 0.678. The van der Waals surface area contributed by atoms with E-state index in [4.69, 9.17) is 17.2 Å². The highest BCUT2D eigenvalue weighted by molar-refractivity contribution is 5.37. The first-order valence-corrected chi connectivity index (χ1v) is 3.37. The second-order valence-corrected chi connectivity index (χ2v) is 2.31. The molecule has 0 aliphatic carbocycles. The predicted octanol–water partition coefficient (Wildman–Crippen LogP) is -1.25. The smallest absolute Gasteiger partial charge is 0.230 e. The molecule has 66 valence electrons. The minimum absolute atomic E-state index is 0.0747. The van der Waals surface area contributed by atoms with Crippen LogP contribution in [0.5, 0.6) is 0 Å². The lowest BCUT2D eigenvalue weighted by atomic mass is 10.6. The van der Waals surface area contributed by atoms with E-state index >= 15 is 0 Å². The fourth-order valence-corrected chi connectivity index (χ4v) is 0.678. The van der Waals surface area contributed by atoms with Crippen molar-refractivity contribution < 1.29 is 0 Å². The Hall–Kier alpha value is -1.63.